The van der Waals surface area contributed by atoms with Gasteiger partial charge in [0.1, 0.15) is 0 Å². The lowest BCUT2D eigenvalue weighted by Gasteiger charge is -2.07. The quantitative estimate of drug-likeness (QED) is 0.574. The number of sulfonamides is 1. The Morgan fingerprint density at radius 3 is 2.28 bits per heavy atom. The largest absolute Gasteiger partial charge is 0.457 e. The van der Waals surface area contributed by atoms with E-state index in [1.165, 1.54) is 12.1 Å². The highest BCUT2D eigenvalue weighted by molar-refractivity contribution is 7.89. The van der Waals surface area contributed by atoms with Crippen LogP contribution in [0.5, 0.6) is 0 Å². The van der Waals surface area contributed by atoms with Gasteiger partial charge in [0.05, 0.1) is 11.3 Å². The first-order chi connectivity index (χ1) is 11.9. The molecule has 2 aromatic rings. The van der Waals surface area contributed by atoms with Gasteiger partial charge in [-0.05, 0) is 19.1 Å². The number of benzene rings is 2. The van der Waals surface area contributed by atoms with Crippen LogP contribution in [-0.4, -0.2) is 33.3 Å². The number of aryl methyl sites for hydroxylation is 1. The molecule has 0 amide bonds. The third-order valence-corrected chi connectivity index (χ3v) is 4.89. The molecule has 0 unspecified atom stereocenters. The molecule has 0 aromatic heterocycles. The molecule has 1 N–H and O–H groups in total. The highest BCUT2D eigenvalue weighted by Crippen LogP contribution is 2.09. The summed E-state index contributed by atoms with van der Waals surface area (Å²) in [6, 6.07) is 14.9. The molecule has 132 valence electrons. The maximum absolute atomic E-state index is 12.1. The summed E-state index contributed by atoms with van der Waals surface area (Å²) in [6.45, 7) is 1.39. The highest BCUT2D eigenvalue weighted by Gasteiger charge is 2.15. The smallest absolute Gasteiger partial charge is 0.307 e. The van der Waals surface area contributed by atoms with E-state index in [2.05, 4.69) is 4.72 Å². The van der Waals surface area contributed by atoms with Gasteiger partial charge in [-0.2, -0.15) is 0 Å². The number of nitrogens with one attached hydrogen (secondary N) is 1. The number of carbonyl (C=O) groups excluding carboxylic acids is 2. The average molecular weight is 361 g/mol. The second kappa shape index (κ2) is 8.55. The lowest BCUT2D eigenvalue weighted by molar-refractivity contribution is -0.142. The topological polar surface area (TPSA) is 89.5 Å². The molecule has 2 aromatic carbocycles. The number of carbonyl (C=O) groups is 2. The standard InChI is InChI=1S/C18H19NO5S/c1-14-7-9-16(10-8-14)25(22,23)19-12-11-18(21)24-13-17(20)15-5-3-2-4-6-15/h2-10,19H,11-13H2,1H3. The van der Waals surface area contributed by atoms with Crippen molar-refractivity contribution >= 4 is 21.8 Å². The van der Waals surface area contributed by atoms with E-state index >= 15 is 0 Å². The monoisotopic (exact) mass is 361 g/mol. The zero-order valence-electron chi connectivity index (χ0n) is 13.8. The third kappa shape index (κ3) is 5.81. The van der Waals surface area contributed by atoms with Crippen molar-refractivity contribution in [1.29, 1.82) is 0 Å². The SMILES string of the molecule is Cc1ccc(S(=O)(=O)NCCC(=O)OCC(=O)c2ccccc2)cc1. The molecule has 0 aliphatic heterocycles. The van der Waals surface area contributed by atoms with Crippen LogP contribution in [0, 0.1) is 6.92 Å². The van der Waals surface area contributed by atoms with Crippen LogP contribution in [-0.2, 0) is 19.6 Å². The van der Waals surface area contributed by atoms with Crippen molar-refractivity contribution in [3.8, 4) is 0 Å². The second-order valence-electron chi connectivity index (χ2n) is 5.41. The van der Waals surface area contributed by atoms with Crippen LogP contribution in [0.3, 0.4) is 0 Å². The molecule has 0 fully saturated rings. The Bertz CT molecular complexity index is 830. The van der Waals surface area contributed by atoms with Gasteiger partial charge in [0, 0.05) is 12.1 Å². The van der Waals surface area contributed by atoms with E-state index < -0.39 is 16.0 Å². The van der Waals surface area contributed by atoms with Crippen LogP contribution in [0.1, 0.15) is 22.3 Å². The fraction of sp³-hybridized carbons (Fsp3) is 0.222. The number of rotatable bonds is 8. The summed E-state index contributed by atoms with van der Waals surface area (Å²) in [6.07, 6.45) is -0.160. The minimum atomic E-state index is -3.67. The number of hydrogen-bond donors (Lipinski definition) is 1. The fourth-order valence-corrected chi connectivity index (χ4v) is 3.05. The summed E-state index contributed by atoms with van der Waals surface area (Å²) < 4.78 is 31.3. The van der Waals surface area contributed by atoms with Crippen molar-refractivity contribution in [1.82, 2.24) is 4.72 Å². The van der Waals surface area contributed by atoms with Crippen LogP contribution in [0.2, 0.25) is 0 Å². The zero-order chi connectivity index (χ0) is 18.3. The summed E-state index contributed by atoms with van der Waals surface area (Å²) in [4.78, 5) is 23.6. The van der Waals surface area contributed by atoms with E-state index in [0.717, 1.165) is 5.56 Å². The van der Waals surface area contributed by atoms with Crippen LogP contribution in [0.15, 0.2) is 59.5 Å². The normalized spacial score (nSPS) is 11.1. The summed E-state index contributed by atoms with van der Waals surface area (Å²) in [5.74, 6) is -0.954. The Morgan fingerprint density at radius 2 is 1.64 bits per heavy atom. The summed E-state index contributed by atoms with van der Waals surface area (Å²) in [7, 11) is -3.67. The molecule has 0 saturated heterocycles. The number of Topliss-reactive ketones (excluding diaryl/α,β-unsaturated/α-hetero) is 1. The molecule has 0 heterocycles. The molecule has 0 aliphatic rings. The Balaban J connectivity index is 1.76. The van der Waals surface area contributed by atoms with Crippen molar-refractivity contribution in [2.75, 3.05) is 13.2 Å². The van der Waals surface area contributed by atoms with Gasteiger partial charge in [-0.15, -0.1) is 0 Å². The predicted octanol–water partition coefficient (Wildman–Crippen LogP) is 2.09. The van der Waals surface area contributed by atoms with Crippen LogP contribution < -0.4 is 4.72 Å². The Hall–Kier alpha value is -2.51. The van der Waals surface area contributed by atoms with Gasteiger partial charge < -0.3 is 4.74 Å². The van der Waals surface area contributed by atoms with Gasteiger partial charge in [-0.3, -0.25) is 9.59 Å². The summed E-state index contributed by atoms with van der Waals surface area (Å²) >= 11 is 0. The first kappa shape index (κ1) is 18.8. The summed E-state index contributed by atoms with van der Waals surface area (Å²) in [5, 5.41) is 0. The Labute approximate surface area is 146 Å². The van der Waals surface area contributed by atoms with E-state index in [9.17, 15) is 18.0 Å². The summed E-state index contributed by atoms with van der Waals surface area (Å²) in [5.41, 5.74) is 1.40. The minimum absolute atomic E-state index is 0.103. The molecular weight excluding hydrogens is 342 g/mol. The second-order valence-corrected chi connectivity index (χ2v) is 7.18. The first-order valence-electron chi connectivity index (χ1n) is 7.69. The maximum Gasteiger partial charge on any atom is 0.307 e. The molecule has 0 spiro atoms. The average Bonchev–Trinajstić information content (AvgIpc) is 2.60. The van der Waals surface area contributed by atoms with Crippen molar-refractivity contribution in [3.05, 3.63) is 65.7 Å². The van der Waals surface area contributed by atoms with Crippen molar-refractivity contribution < 1.29 is 22.7 Å². The molecular formula is C18H19NO5S. The minimum Gasteiger partial charge on any atom is -0.457 e. The van der Waals surface area contributed by atoms with Gasteiger partial charge >= 0.3 is 5.97 Å². The molecule has 0 bridgehead atoms. The number of ketones is 1. The maximum atomic E-state index is 12.1. The van der Waals surface area contributed by atoms with Crippen LogP contribution in [0.4, 0.5) is 0 Å². The molecule has 0 radical (unpaired) electrons. The van der Waals surface area contributed by atoms with Crippen molar-refractivity contribution in [2.45, 2.75) is 18.2 Å². The molecule has 6 nitrogen and oxygen atoms in total. The number of ether oxygens (including phenoxy) is 1. The zero-order valence-corrected chi connectivity index (χ0v) is 14.6. The van der Waals surface area contributed by atoms with E-state index in [1.807, 2.05) is 6.92 Å². The number of esters is 1. The van der Waals surface area contributed by atoms with Gasteiger partial charge in [0.15, 0.2) is 12.4 Å². The molecule has 25 heavy (non-hydrogen) atoms. The van der Waals surface area contributed by atoms with Crippen molar-refractivity contribution in [2.24, 2.45) is 0 Å². The van der Waals surface area contributed by atoms with Crippen LogP contribution >= 0.6 is 0 Å². The lowest BCUT2D eigenvalue weighted by Crippen LogP contribution is -2.27. The van der Waals surface area contributed by atoms with Gasteiger partial charge in [-0.1, -0.05) is 48.0 Å². The predicted molar refractivity (Wildman–Crippen MR) is 92.7 cm³/mol. The molecule has 0 atom stereocenters. The molecule has 2 rings (SSSR count). The Morgan fingerprint density at radius 1 is 1.00 bits per heavy atom. The number of hydrogen-bond acceptors (Lipinski definition) is 5. The molecule has 7 heteroatoms. The molecule has 0 aliphatic carbocycles. The van der Waals surface area contributed by atoms with Gasteiger partial charge in [-0.25, -0.2) is 13.1 Å². The van der Waals surface area contributed by atoms with E-state index in [-0.39, 0.29) is 30.3 Å². The van der Waals surface area contributed by atoms with Crippen molar-refractivity contribution in [3.63, 3.8) is 0 Å². The van der Waals surface area contributed by atoms with Gasteiger partial charge in [0.25, 0.3) is 0 Å². The molecule has 0 saturated carbocycles. The van der Waals surface area contributed by atoms with E-state index in [4.69, 9.17) is 4.74 Å². The van der Waals surface area contributed by atoms with E-state index in [0.29, 0.717) is 5.56 Å². The lowest BCUT2D eigenvalue weighted by atomic mass is 10.1. The van der Waals surface area contributed by atoms with Gasteiger partial charge in [0.2, 0.25) is 10.0 Å². The Kier molecular flexibility index (Phi) is 6.44. The first-order valence-corrected chi connectivity index (χ1v) is 9.17. The van der Waals surface area contributed by atoms with E-state index in [1.54, 1.807) is 42.5 Å². The third-order valence-electron chi connectivity index (χ3n) is 3.41. The highest BCUT2D eigenvalue weighted by atomic mass is 32.2. The van der Waals surface area contributed by atoms with Crippen LogP contribution in [0.25, 0.3) is 0 Å². The fourth-order valence-electron chi connectivity index (χ4n) is 2.01.